The van der Waals surface area contributed by atoms with E-state index in [2.05, 4.69) is 6.58 Å². The first-order valence-electron chi connectivity index (χ1n) is 2.89. The zero-order valence-electron chi connectivity index (χ0n) is 5.59. The Morgan fingerprint density at radius 3 is 2.55 bits per heavy atom. The second-order valence-electron chi connectivity index (χ2n) is 1.94. The first-order chi connectivity index (χ1) is 5.15. The van der Waals surface area contributed by atoms with Crippen LogP contribution in [0, 0.1) is 0 Å². The number of nitrogens with one attached hydrogen (secondary N) is 1. The fourth-order valence-electron chi connectivity index (χ4n) is 0.705. The predicted molar refractivity (Wildman–Crippen MR) is 36.4 cm³/mol. The van der Waals surface area contributed by atoms with E-state index in [1.54, 1.807) is 0 Å². The van der Waals surface area contributed by atoms with Crippen LogP contribution < -0.4 is 5.32 Å². The third-order valence-electron chi connectivity index (χ3n) is 1.21. The Bertz CT molecular complexity index is 288. The van der Waals surface area contributed by atoms with Gasteiger partial charge in [-0.15, -0.1) is 0 Å². The average Bonchev–Trinajstić information content (AvgIpc) is 2.28. The van der Waals surface area contributed by atoms with E-state index in [1.165, 1.54) is 0 Å². The SMILES string of the molecule is C=CC(=O)C1=CC(=O)NC1=O. The summed E-state index contributed by atoms with van der Waals surface area (Å²) in [5.74, 6) is -1.74. The van der Waals surface area contributed by atoms with Gasteiger partial charge in [0, 0.05) is 6.08 Å². The second kappa shape index (κ2) is 2.49. The summed E-state index contributed by atoms with van der Waals surface area (Å²) in [6.07, 6.45) is 1.95. The van der Waals surface area contributed by atoms with E-state index in [9.17, 15) is 14.4 Å². The largest absolute Gasteiger partial charge is 0.289 e. The van der Waals surface area contributed by atoms with Crippen molar-refractivity contribution in [2.75, 3.05) is 0 Å². The van der Waals surface area contributed by atoms with E-state index >= 15 is 0 Å². The molecule has 0 fully saturated rings. The lowest BCUT2D eigenvalue weighted by atomic mass is 10.2. The summed E-state index contributed by atoms with van der Waals surface area (Å²) < 4.78 is 0. The molecule has 0 unspecified atom stereocenters. The van der Waals surface area contributed by atoms with Crippen molar-refractivity contribution in [2.24, 2.45) is 0 Å². The third kappa shape index (κ3) is 1.24. The summed E-state index contributed by atoms with van der Waals surface area (Å²) >= 11 is 0. The van der Waals surface area contributed by atoms with Gasteiger partial charge >= 0.3 is 0 Å². The Labute approximate surface area is 62.6 Å². The van der Waals surface area contributed by atoms with E-state index in [0.29, 0.717) is 0 Å². The standard InChI is InChI=1S/C7H5NO3/c1-2-5(9)4-3-6(10)8-7(4)11/h2-3H,1H2,(H,8,10,11). The molecule has 1 aliphatic heterocycles. The van der Waals surface area contributed by atoms with E-state index in [4.69, 9.17) is 0 Å². The van der Waals surface area contributed by atoms with Crippen molar-refractivity contribution < 1.29 is 14.4 Å². The molecule has 4 nitrogen and oxygen atoms in total. The molecule has 1 aliphatic rings. The quantitative estimate of drug-likeness (QED) is 0.323. The average molecular weight is 151 g/mol. The number of hydrogen-bond acceptors (Lipinski definition) is 3. The molecule has 1 N–H and O–H groups in total. The third-order valence-corrected chi connectivity index (χ3v) is 1.21. The van der Waals surface area contributed by atoms with Gasteiger partial charge in [0.1, 0.15) is 0 Å². The first-order valence-corrected chi connectivity index (χ1v) is 2.89. The molecular weight excluding hydrogens is 146 g/mol. The molecule has 0 saturated heterocycles. The topological polar surface area (TPSA) is 63.2 Å². The molecular formula is C7H5NO3. The van der Waals surface area contributed by atoms with Gasteiger partial charge in [0.05, 0.1) is 5.57 Å². The minimum Gasteiger partial charge on any atom is -0.289 e. The second-order valence-corrected chi connectivity index (χ2v) is 1.94. The summed E-state index contributed by atoms with van der Waals surface area (Å²) in [4.78, 5) is 32.0. The molecule has 0 atom stereocenters. The van der Waals surface area contributed by atoms with Crippen LogP contribution in [0.2, 0.25) is 0 Å². The van der Waals surface area contributed by atoms with E-state index in [-0.39, 0.29) is 5.57 Å². The minimum atomic E-state index is -0.653. The molecule has 0 aromatic rings. The van der Waals surface area contributed by atoms with E-state index < -0.39 is 17.6 Å². The van der Waals surface area contributed by atoms with E-state index in [0.717, 1.165) is 12.2 Å². The molecule has 0 aromatic carbocycles. The van der Waals surface area contributed by atoms with Gasteiger partial charge in [-0.3, -0.25) is 19.7 Å². The van der Waals surface area contributed by atoms with Crippen molar-refractivity contribution in [1.29, 1.82) is 0 Å². The summed E-state index contributed by atoms with van der Waals surface area (Å²) in [5, 5.41) is 1.94. The predicted octanol–water partition coefficient (Wildman–Crippen LogP) is -0.676. The number of imide groups is 1. The molecule has 0 radical (unpaired) electrons. The van der Waals surface area contributed by atoms with Crippen molar-refractivity contribution in [3.63, 3.8) is 0 Å². The Morgan fingerprint density at radius 1 is 1.55 bits per heavy atom. The van der Waals surface area contributed by atoms with Crippen molar-refractivity contribution in [1.82, 2.24) is 5.32 Å². The van der Waals surface area contributed by atoms with Crippen molar-refractivity contribution in [3.8, 4) is 0 Å². The van der Waals surface area contributed by atoms with Crippen LogP contribution >= 0.6 is 0 Å². The molecule has 11 heavy (non-hydrogen) atoms. The van der Waals surface area contributed by atoms with Gasteiger partial charge in [0.25, 0.3) is 11.8 Å². The highest BCUT2D eigenvalue weighted by molar-refractivity contribution is 6.32. The summed E-state index contributed by atoms with van der Waals surface area (Å²) in [6, 6.07) is 0. The Balaban J connectivity index is 2.96. The fourth-order valence-corrected chi connectivity index (χ4v) is 0.705. The van der Waals surface area contributed by atoms with Crippen LogP contribution in [-0.2, 0) is 14.4 Å². The maximum atomic E-state index is 10.8. The molecule has 0 aromatic heterocycles. The molecule has 0 bridgehead atoms. The number of carbonyl (C=O) groups excluding carboxylic acids is 3. The molecule has 2 amide bonds. The number of rotatable bonds is 2. The van der Waals surface area contributed by atoms with Crippen molar-refractivity contribution >= 4 is 17.6 Å². The highest BCUT2D eigenvalue weighted by Gasteiger charge is 2.24. The lowest BCUT2D eigenvalue weighted by Crippen LogP contribution is -2.23. The maximum absolute atomic E-state index is 10.8. The summed E-state index contributed by atoms with van der Waals surface area (Å²) in [6.45, 7) is 3.18. The number of ketones is 1. The van der Waals surface area contributed by atoms with Crippen LogP contribution in [0.5, 0.6) is 0 Å². The van der Waals surface area contributed by atoms with Gasteiger partial charge < -0.3 is 0 Å². The van der Waals surface area contributed by atoms with Crippen LogP contribution in [0.25, 0.3) is 0 Å². The van der Waals surface area contributed by atoms with Gasteiger partial charge in [-0.2, -0.15) is 0 Å². The van der Waals surface area contributed by atoms with Crippen molar-refractivity contribution in [2.45, 2.75) is 0 Å². The molecule has 0 aliphatic carbocycles. The molecule has 1 heterocycles. The van der Waals surface area contributed by atoms with Crippen LogP contribution in [-0.4, -0.2) is 17.6 Å². The van der Waals surface area contributed by atoms with Gasteiger partial charge in [-0.05, 0) is 6.08 Å². The van der Waals surface area contributed by atoms with Gasteiger partial charge in [0.15, 0.2) is 5.78 Å². The van der Waals surface area contributed by atoms with Crippen LogP contribution in [0.1, 0.15) is 0 Å². The van der Waals surface area contributed by atoms with E-state index in [1.807, 2.05) is 5.32 Å². The highest BCUT2D eigenvalue weighted by Crippen LogP contribution is 2.03. The van der Waals surface area contributed by atoms with Gasteiger partial charge in [0.2, 0.25) is 0 Å². The van der Waals surface area contributed by atoms with Crippen molar-refractivity contribution in [3.05, 3.63) is 24.3 Å². The Hall–Kier alpha value is -1.71. The Kier molecular flexibility index (Phi) is 1.68. The number of hydrogen-bond donors (Lipinski definition) is 1. The molecule has 0 saturated carbocycles. The zero-order valence-corrected chi connectivity index (χ0v) is 5.59. The molecule has 4 heteroatoms. The first kappa shape index (κ1) is 7.40. The minimum absolute atomic E-state index is 0.148. The molecule has 1 rings (SSSR count). The number of allylic oxidation sites excluding steroid dienone is 1. The molecule has 56 valence electrons. The van der Waals surface area contributed by atoms with Crippen LogP contribution in [0.3, 0.4) is 0 Å². The van der Waals surface area contributed by atoms with Crippen LogP contribution in [0.4, 0.5) is 0 Å². The lowest BCUT2D eigenvalue weighted by molar-refractivity contribution is -0.124. The molecule has 0 spiro atoms. The monoisotopic (exact) mass is 151 g/mol. The Morgan fingerprint density at radius 2 is 2.18 bits per heavy atom. The normalized spacial score (nSPS) is 15.8. The van der Waals surface area contributed by atoms with Crippen LogP contribution in [0.15, 0.2) is 24.3 Å². The number of amides is 2. The van der Waals surface area contributed by atoms with Gasteiger partial charge in [-0.1, -0.05) is 6.58 Å². The smallest absolute Gasteiger partial charge is 0.262 e. The summed E-state index contributed by atoms with van der Waals surface area (Å²) in [5.41, 5.74) is -0.148. The highest BCUT2D eigenvalue weighted by atomic mass is 16.2. The van der Waals surface area contributed by atoms with Gasteiger partial charge in [-0.25, -0.2) is 0 Å². The summed E-state index contributed by atoms with van der Waals surface area (Å²) in [7, 11) is 0. The number of carbonyl (C=O) groups is 3. The maximum Gasteiger partial charge on any atom is 0.262 e. The zero-order chi connectivity index (χ0) is 8.43. The fraction of sp³-hybridized carbons (Fsp3) is 0. The lowest BCUT2D eigenvalue weighted by Gasteiger charge is -1.90.